The lowest BCUT2D eigenvalue weighted by Crippen LogP contribution is -2.33. The van der Waals surface area contributed by atoms with E-state index in [9.17, 15) is 0 Å². The summed E-state index contributed by atoms with van der Waals surface area (Å²) in [6.45, 7) is 5.31. The lowest BCUT2D eigenvalue weighted by atomic mass is 10.0. The molecule has 4 heteroatoms. The number of hydrogen-bond donors (Lipinski definition) is 1. The van der Waals surface area contributed by atoms with Crippen molar-refractivity contribution in [2.24, 2.45) is 5.73 Å². The van der Waals surface area contributed by atoms with Crippen molar-refractivity contribution in [1.82, 2.24) is 14.8 Å². The number of nitrogens with zero attached hydrogens (tertiary/aromatic N) is 3. The van der Waals surface area contributed by atoms with E-state index in [1.54, 1.807) is 0 Å². The molecule has 1 aliphatic heterocycles. The van der Waals surface area contributed by atoms with Crippen molar-refractivity contribution in [3.05, 3.63) is 11.6 Å². The Morgan fingerprint density at radius 3 is 2.80 bits per heavy atom. The molecule has 1 unspecified atom stereocenters. The van der Waals surface area contributed by atoms with Crippen molar-refractivity contribution in [1.29, 1.82) is 0 Å². The monoisotopic (exact) mass is 208 g/mol. The molecule has 2 heterocycles. The largest absolute Gasteiger partial charge is 0.326 e. The summed E-state index contributed by atoms with van der Waals surface area (Å²) in [5.74, 6) is 2.81. The first kappa shape index (κ1) is 10.6. The molecule has 0 saturated heterocycles. The summed E-state index contributed by atoms with van der Waals surface area (Å²) in [6.07, 6.45) is 4.28. The normalized spacial score (nSPS) is 20.7. The van der Waals surface area contributed by atoms with E-state index in [1.807, 2.05) is 0 Å². The molecule has 0 saturated carbocycles. The minimum Gasteiger partial charge on any atom is -0.326 e. The van der Waals surface area contributed by atoms with Crippen LogP contribution in [-0.2, 0) is 13.0 Å². The number of nitrogens with two attached hydrogens (primary N) is 1. The number of aromatic nitrogens is 3. The summed E-state index contributed by atoms with van der Waals surface area (Å²) in [5.41, 5.74) is 5.98. The van der Waals surface area contributed by atoms with E-state index in [0.717, 1.165) is 43.9 Å². The quantitative estimate of drug-likeness (QED) is 0.818. The average Bonchev–Trinajstić information content (AvgIpc) is 2.64. The molecule has 1 atom stereocenters. The number of rotatable bonds is 3. The molecular formula is C11H20N4. The molecule has 15 heavy (non-hydrogen) atoms. The van der Waals surface area contributed by atoms with Crippen molar-refractivity contribution in [3.8, 4) is 0 Å². The molecule has 0 bridgehead atoms. The van der Waals surface area contributed by atoms with E-state index in [0.29, 0.717) is 5.92 Å². The summed E-state index contributed by atoms with van der Waals surface area (Å²) in [5, 5.41) is 8.60. The third kappa shape index (κ3) is 1.91. The second-order valence-corrected chi connectivity index (χ2v) is 4.40. The van der Waals surface area contributed by atoms with Crippen LogP contribution in [0.4, 0.5) is 0 Å². The van der Waals surface area contributed by atoms with Gasteiger partial charge in [-0.3, -0.25) is 0 Å². The van der Waals surface area contributed by atoms with Gasteiger partial charge >= 0.3 is 0 Å². The summed E-state index contributed by atoms with van der Waals surface area (Å²) in [7, 11) is 0. The molecule has 1 aromatic heterocycles. The Bertz CT molecular complexity index is 327. The Balaban J connectivity index is 2.29. The van der Waals surface area contributed by atoms with Gasteiger partial charge < -0.3 is 10.3 Å². The minimum absolute atomic E-state index is 0.279. The van der Waals surface area contributed by atoms with Crippen LogP contribution in [0.5, 0.6) is 0 Å². The molecule has 0 spiro atoms. The SMILES string of the molecule is CCC(CC)c1nnc2n1CC(N)CC2. The molecule has 0 radical (unpaired) electrons. The molecule has 0 aliphatic carbocycles. The van der Waals surface area contributed by atoms with Gasteiger partial charge in [-0.2, -0.15) is 0 Å². The molecule has 2 N–H and O–H groups in total. The maximum atomic E-state index is 5.98. The molecule has 1 aromatic rings. The Kier molecular flexibility index (Phi) is 3.05. The zero-order valence-electron chi connectivity index (χ0n) is 9.61. The Morgan fingerprint density at radius 2 is 2.13 bits per heavy atom. The van der Waals surface area contributed by atoms with Crippen molar-refractivity contribution in [2.75, 3.05) is 0 Å². The van der Waals surface area contributed by atoms with Gasteiger partial charge in [-0.15, -0.1) is 10.2 Å². The van der Waals surface area contributed by atoms with E-state index in [4.69, 9.17) is 5.73 Å². The van der Waals surface area contributed by atoms with E-state index < -0.39 is 0 Å². The first-order valence-corrected chi connectivity index (χ1v) is 5.93. The van der Waals surface area contributed by atoms with Gasteiger partial charge in [-0.05, 0) is 19.3 Å². The summed E-state index contributed by atoms with van der Waals surface area (Å²) in [4.78, 5) is 0. The fourth-order valence-corrected chi connectivity index (χ4v) is 2.33. The summed E-state index contributed by atoms with van der Waals surface area (Å²) < 4.78 is 2.24. The van der Waals surface area contributed by atoms with Gasteiger partial charge in [0.1, 0.15) is 11.6 Å². The van der Waals surface area contributed by atoms with Crippen LogP contribution in [0.25, 0.3) is 0 Å². The van der Waals surface area contributed by atoms with E-state index in [-0.39, 0.29) is 6.04 Å². The topological polar surface area (TPSA) is 56.7 Å². The van der Waals surface area contributed by atoms with Crippen molar-refractivity contribution < 1.29 is 0 Å². The second-order valence-electron chi connectivity index (χ2n) is 4.40. The third-order valence-electron chi connectivity index (χ3n) is 3.36. The van der Waals surface area contributed by atoms with Crippen molar-refractivity contribution in [2.45, 2.75) is 58.0 Å². The van der Waals surface area contributed by atoms with Gasteiger partial charge in [-0.25, -0.2) is 0 Å². The lowest BCUT2D eigenvalue weighted by Gasteiger charge is -2.22. The van der Waals surface area contributed by atoms with Gasteiger partial charge in [0.05, 0.1) is 0 Å². The van der Waals surface area contributed by atoms with Crippen LogP contribution < -0.4 is 5.73 Å². The predicted octanol–water partition coefficient (Wildman–Crippen LogP) is 1.46. The van der Waals surface area contributed by atoms with Crippen molar-refractivity contribution in [3.63, 3.8) is 0 Å². The molecule has 84 valence electrons. The molecule has 1 aliphatic rings. The molecule has 4 nitrogen and oxygen atoms in total. The van der Waals surface area contributed by atoms with Crippen LogP contribution in [-0.4, -0.2) is 20.8 Å². The fourth-order valence-electron chi connectivity index (χ4n) is 2.33. The predicted molar refractivity (Wildman–Crippen MR) is 59.6 cm³/mol. The smallest absolute Gasteiger partial charge is 0.136 e. The minimum atomic E-state index is 0.279. The van der Waals surface area contributed by atoms with Gasteiger partial charge in [0.15, 0.2) is 0 Å². The highest BCUT2D eigenvalue weighted by Crippen LogP contribution is 2.24. The van der Waals surface area contributed by atoms with E-state index in [1.165, 1.54) is 0 Å². The number of fused-ring (bicyclic) bond motifs is 1. The van der Waals surface area contributed by atoms with Crippen LogP contribution in [0.3, 0.4) is 0 Å². The molecule has 0 amide bonds. The molecule has 0 aromatic carbocycles. The van der Waals surface area contributed by atoms with Gasteiger partial charge in [0.25, 0.3) is 0 Å². The van der Waals surface area contributed by atoms with Crippen molar-refractivity contribution >= 4 is 0 Å². The highest BCUT2D eigenvalue weighted by molar-refractivity contribution is 5.05. The van der Waals surface area contributed by atoms with E-state index in [2.05, 4.69) is 28.6 Å². The first-order valence-electron chi connectivity index (χ1n) is 5.93. The third-order valence-corrected chi connectivity index (χ3v) is 3.36. The molecule has 2 rings (SSSR count). The lowest BCUT2D eigenvalue weighted by molar-refractivity contribution is 0.428. The maximum absolute atomic E-state index is 5.98. The van der Waals surface area contributed by atoms with Gasteiger partial charge in [0, 0.05) is 24.9 Å². The number of hydrogen-bond acceptors (Lipinski definition) is 3. The molecule has 0 fully saturated rings. The Morgan fingerprint density at radius 1 is 1.40 bits per heavy atom. The zero-order chi connectivity index (χ0) is 10.8. The highest BCUT2D eigenvalue weighted by atomic mass is 15.3. The maximum Gasteiger partial charge on any atom is 0.136 e. The molecular weight excluding hydrogens is 188 g/mol. The van der Waals surface area contributed by atoms with E-state index >= 15 is 0 Å². The van der Waals surface area contributed by atoms with Crippen LogP contribution in [0.15, 0.2) is 0 Å². The summed E-state index contributed by atoms with van der Waals surface area (Å²) >= 11 is 0. The zero-order valence-corrected chi connectivity index (χ0v) is 9.61. The fraction of sp³-hybridized carbons (Fsp3) is 0.818. The highest BCUT2D eigenvalue weighted by Gasteiger charge is 2.23. The van der Waals surface area contributed by atoms with Crippen LogP contribution in [0.1, 0.15) is 50.7 Å². The summed E-state index contributed by atoms with van der Waals surface area (Å²) in [6, 6.07) is 0.279. The van der Waals surface area contributed by atoms with Gasteiger partial charge in [-0.1, -0.05) is 13.8 Å². The number of aryl methyl sites for hydroxylation is 1. The van der Waals surface area contributed by atoms with Crippen LogP contribution in [0, 0.1) is 0 Å². The second kappa shape index (κ2) is 4.31. The van der Waals surface area contributed by atoms with Gasteiger partial charge in [0.2, 0.25) is 0 Å². The average molecular weight is 208 g/mol. The van der Waals surface area contributed by atoms with Crippen LogP contribution >= 0.6 is 0 Å². The Labute approximate surface area is 90.9 Å². The Hall–Kier alpha value is -0.900. The van der Waals surface area contributed by atoms with Crippen LogP contribution in [0.2, 0.25) is 0 Å². The standard InChI is InChI=1S/C11H20N4/c1-3-8(4-2)11-14-13-10-6-5-9(12)7-15(10)11/h8-9H,3-7,12H2,1-2H3. The first-order chi connectivity index (χ1) is 7.26.